The van der Waals surface area contributed by atoms with Crippen molar-refractivity contribution in [3.63, 3.8) is 0 Å². The van der Waals surface area contributed by atoms with Gasteiger partial charge in [-0.25, -0.2) is 14.8 Å². The number of esters is 1. The third kappa shape index (κ3) is 2.25. The molecular weight excluding hydrogens is 294 g/mol. The molecule has 8 heteroatoms. The summed E-state index contributed by atoms with van der Waals surface area (Å²) in [5.74, 6) is -0.522. The highest BCUT2D eigenvalue weighted by molar-refractivity contribution is 6.29. The lowest BCUT2D eigenvalue weighted by Gasteiger charge is -2.07. The molecule has 0 aliphatic carbocycles. The van der Waals surface area contributed by atoms with Gasteiger partial charge in [-0.05, 0) is 13.0 Å². The van der Waals surface area contributed by atoms with Gasteiger partial charge < -0.3 is 4.74 Å². The van der Waals surface area contributed by atoms with E-state index < -0.39 is 5.97 Å². The van der Waals surface area contributed by atoms with Gasteiger partial charge in [0.05, 0.1) is 18.0 Å². The standard InChI is InChI=1S/C13H12ClN5O2/c1-3-21-13(20)11-12-17-10(14)6-9(19(12)7-15-11)8-4-5-16-18(8)2/h4-7H,3H2,1-2H3. The lowest BCUT2D eigenvalue weighted by Crippen LogP contribution is -2.07. The predicted molar refractivity (Wildman–Crippen MR) is 76.2 cm³/mol. The van der Waals surface area contributed by atoms with Crippen LogP contribution in [0.15, 0.2) is 24.7 Å². The third-order valence-corrected chi connectivity index (χ3v) is 3.22. The number of halogens is 1. The molecule has 0 atom stereocenters. The fourth-order valence-corrected chi connectivity index (χ4v) is 2.29. The molecule has 0 aliphatic heterocycles. The summed E-state index contributed by atoms with van der Waals surface area (Å²) in [6, 6.07) is 3.54. The second kappa shape index (κ2) is 5.17. The molecule has 3 aromatic rings. The van der Waals surface area contributed by atoms with Gasteiger partial charge in [-0.2, -0.15) is 5.10 Å². The number of nitrogens with zero attached hydrogens (tertiary/aromatic N) is 5. The summed E-state index contributed by atoms with van der Waals surface area (Å²) in [6.07, 6.45) is 3.20. The molecule has 0 spiro atoms. The number of carbonyl (C=O) groups excluding carboxylic acids is 1. The average Bonchev–Trinajstić information content (AvgIpc) is 3.04. The van der Waals surface area contributed by atoms with Crippen LogP contribution in [0.4, 0.5) is 0 Å². The van der Waals surface area contributed by atoms with Crippen molar-refractivity contribution < 1.29 is 9.53 Å². The maximum absolute atomic E-state index is 11.9. The summed E-state index contributed by atoms with van der Waals surface area (Å²) >= 11 is 6.07. The third-order valence-electron chi connectivity index (χ3n) is 3.02. The van der Waals surface area contributed by atoms with Gasteiger partial charge in [0.2, 0.25) is 0 Å². The molecule has 108 valence electrons. The van der Waals surface area contributed by atoms with E-state index in [4.69, 9.17) is 16.3 Å². The Labute approximate surface area is 125 Å². The lowest BCUT2D eigenvalue weighted by atomic mass is 10.3. The first-order chi connectivity index (χ1) is 10.1. The molecule has 3 aromatic heterocycles. The first-order valence-electron chi connectivity index (χ1n) is 6.31. The van der Waals surface area contributed by atoms with E-state index in [0.717, 1.165) is 11.4 Å². The predicted octanol–water partition coefficient (Wildman–Crippen LogP) is 1.96. The van der Waals surface area contributed by atoms with Crippen LogP contribution in [0.2, 0.25) is 5.15 Å². The number of carbonyl (C=O) groups is 1. The summed E-state index contributed by atoms with van der Waals surface area (Å²) in [4.78, 5) is 20.2. The van der Waals surface area contributed by atoms with Crippen LogP contribution in [0.25, 0.3) is 17.0 Å². The molecule has 21 heavy (non-hydrogen) atoms. The second-order valence-electron chi connectivity index (χ2n) is 4.31. The summed E-state index contributed by atoms with van der Waals surface area (Å²) in [7, 11) is 1.82. The Morgan fingerprint density at radius 2 is 2.24 bits per heavy atom. The van der Waals surface area contributed by atoms with Crippen molar-refractivity contribution in [2.75, 3.05) is 6.61 Å². The van der Waals surface area contributed by atoms with Crippen LogP contribution in [0.5, 0.6) is 0 Å². The largest absolute Gasteiger partial charge is 0.461 e. The lowest BCUT2D eigenvalue weighted by molar-refractivity contribution is 0.0522. The molecule has 0 aliphatic rings. The number of imidazole rings is 1. The highest BCUT2D eigenvalue weighted by Gasteiger charge is 2.19. The average molecular weight is 306 g/mol. The molecule has 0 aromatic carbocycles. The van der Waals surface area contributed by atoms with Crippen LogP contribution in [0, 0.1) is 0 Å². The summed E-state index contributed by atoms with van der Waals surface area (Å²) < 4.78 is 8.37. The minimum atomic E-state index is -0.522. The van der Waals surface area contributed by atoms with E-state index >= 15 is 0 Å². The van der Waals surface area contributed by atoms with E-state index in [2.05, 4.69) is 15.1 Å². The fourth-order valence-electron chi connectivity index (χ4n) is 2.11. The Bertz CT molecular complexity index is 823. The van der Waals surface area contributed by atoms with E-state index in [-0.39, 0.29) is 17.5 Å². The Kier molecular flexibility index (Phi) is 3.34. The Morgan fingerprint density at radius 1 is 1.43 bits per heavy atom. The van der Waals surface area contributed by atoms with Crippen molar-refractivity contribution in [3.8, 4) is 11.4 Å². The van der Waals surface area contributed by atoms with Gasteiger partial charge in [-0.15, -0.1) is 0 Å². The van der Waals surface area contributed by atoms with Crippen LogP contribution < -0.4 is 0 Å². The highest BCUT2D eigenvalue weighted by atomic mass is 35.5. The van der Waals surface area contributed by atoms with Crippen LogP contribution in [0.1, 0.15) is 17.4 Å². The molecule has 3 heterocycles. The van der Waals surface area contributed by atoms with Gasteiger partial charge in [0.1, 0.15) is 11.5 Å². The normalized spacial score (nSPS) is 11.0. The molecule has 0 saturated heterocycles. The zero-order valence-electron chi connectivity index (χ0n) is 11.4. The summed E-state index contributed by atoms with van der Waals surface area (Å²) in [5, 5.41) is 4.40. The van der Waals surface area contributed by atoms with Gasteiger partial charge in [0.25, 0.3) is 0 Å². The number of aryl methyl sites for hydroxylation is 1. The molecule has 0 N–H and O–H groups in total. The van der Waals surface area contributed by atoms with Gasteiger partial charge in [0, 0.05) is 19.3 Å². The van der Waals surface area contributed by atoms with E-state index in [9.17, 15) is 4.79 Å². The molecule has 0 amide bonds. The fraction of sp³-hybridized carbons (Fsp3) is 0.231. The zero-order chi connectivity index (χ0) is 15.0. The maximum Gasteiger partial charge on any atom is 0.360 e. The van der Waals surface area contributed by atoms with Crippen molar-refractivity contribution in [1.82, 2.24) is 24.1 Å². The molecule has 0 saturated carbocycles. The van der Waals surface area contributed by atoms with Crippen LogP contribution in [-0.2, 0) is 11.8 Å². The molecule has 3 rings (SSSR count). The molecular formula is C13H12ClN5O2. The van der Waals surface area contributed by atoms with Crippen LogP contribution in [-0.4, -0.2) is 36.7 Å². The zero-order valence-corrected chi connectivity index (χ0v) is 12.2. The van der Waals surface area contributed by atoms with Crippen molar-refractivity contribution >= 4 is 23.2 Å². The van der Waals surface area contributed by atoms with E-state index in [1.807, 2.05) is 13.1 Å². The number of fused-ring (bicyclic) bond motifs is 1. The minimum absolute atomic E-state index is 0.141. The molecule has 0 radical (unpaired) electrons. The SMILES string of the molecule is CCOC(=O)c1ncn2c(-c3ccnn3C)cc(Cl)nc12. The Morgan fingerprint density at radius 3 is 2.90 bits per heavy atom. The topological polar surface area (TPSA) is 74.3 Å². The van der Waals surface area contributed by atoms with Crippen molar-refractivity contribution in [2.24, 2.45) is 7.05 Å². The van der Waals surface area contributed by atoms with Crippen molar-refractivity contribution in [3.05, 3.63) is 35.5 Å². The number of hydrogen-bond acceptors (Lipinski definition) is 5. The van der Waals surface area contributed by atoms with Gasteiger partial charge in [-0.3, -0.25) is 9.08 Å². The minimum Gasteiger partial charge on any atom is -0.461 e. The van der Waals surface area contributed by atoms with Crippen molar-refractivity contribution in [2.45, 2.75) is 6.92 Å². The van der Waals surface area contributed by atoms with Gasteiger partial charge >= 0.3 is 5.97 Å². The number of aromatic nitrogens is 5. The molecule has 0 unspecified atom stereocenters. The smallest absolute Gasteiger partial charge is 0.360 e. The summed E-state index contributed by atoms with van der Waals surface area (Å²) in [5.41, 5.74) is 2.07. The number of hydrogen-bond donors (Lipinski definition) is 0. The molecule has 0 fully saturated rings. The first-order valence-corrected chi connectivity index (χ1v) is 6.68. The summed E-state index contributed by atoms with van der Waals surface area (Å²) in [6.45, 7) is 2.00. The van der Waals surface area contributed by atoms with Gasteiger partial charge in [-0.1, -0.05) is 11.6 Å². The highest BCUT2D eigenvalue weighted by Crippen LogP contribution is 2.24. The van der Waals surface area contributed by atoms with Crippen LogP contribution >= 0.6 is 11.6 Å². The monoisotopic (exact) mass is 305 g/mol. The maximum atomic E-state index is 11.9. The molecule has 0 bridgehead atoms. The molecule has 7 nitrogen and oxygen atoms in total. The Balaban J connectivity index is 2.24. The quantitative estimate of drug-likeness (QED) is 0.546. The van der Waals surface area contributed by atoms with E-state index in [0.29, 0.717) is 5.65 Å². The first kappa shape index (κ1) is 13.6. The second-order valence-corrected chi connectivity index (χ2v) is 4.70. The number of ether oxygens (including phenoxy) is 1. The Hall–Kier alpha value is -2.41. The van der Waals surface area contributed by atoms with Crippen LogP contribution in [0.3, 0.4) is 0 Å². The van der Waals surface area contributed by atoms with Crippen molar-refractivity contribution in [1.29, 1.82) is 0 Å². The van der Waals surface area contributed by atoms with E-state index in [1.54, 1.807) is 28.3 Å². The van der Waals surface area contributed by atoms with Gasteiger partial charge in [0.15, 0.2) is 11.3 Å². The number of rotatable bonds is 3. The van der Waals surface area contributed by atoms with E-state index in [1.165, 1.54) is 6.33 Å².